The number of aromatic nitrogens is 2. The highest BCUT2D eigenvalue weighted by atomic mass is 35.5. The van der Waals surface area contributed by atoms with Crippen LogP contribution >= 0.6 is 11.6 Å². The number of nitrogens with zero attached hydrogens (tertiary/aromatic N) is 2. The smallest absolute Gasteiger partial charge is 0.270 e. The van der Waals surface area contributed by atoms with E-state index >= 15 is 0 Å². The molecule has 3 rings (SSSR count). The monoisotopic (exact) mass is 398 g/mol. The number of halogens is 1. The largest absolute Gasteiger partial charge is 0.497 e. The number of amides is 1. The number of carbonyl (C=O) groups is 1. The zero-order chi connectivity index (χ0) is 19.8. The minimum Gasteiger partial charge on any atom is -0.497 e. The maximum atomic E-state index is 12.3. The Morgan fingerprint density at radius 1 is 1.04 bits per heavy atom. The molecule has 2 aromatic carbocycles. The minimum absolute atomic E-state index is 0.260. The second-order valence-corrected chi connectivity index (χ2v) is 6.14. The molecule has 144 valence electrons. The highest BCUT2D eigenvalue weighted by molar-refractivity contribution is 6.30. The van der Waals surface area contributed by atoms with Gasteiger partial charge < -0.3 is 20.1 Å². The summed E-state index contributed by atoms with van der Waals surface area (Å²) in [5.41, 5.74) is 1.07. The van der Waals surface area contributed by atoms with Crippen LogP contribution in [0.2, 0.25) is 5.02 Å². The SMILES string of the molecule is COc1ccc(OCCNC(=O)c2cc(Nc3ccc(Cl)cc3)ncn2)cc1. The van der Waals surface area contributed by atoms with E-state index in [1.54, 1.807) is 37.4 Å². The van der Waals surface area contributed by atoms with E-state index in [-0.39, 0.29) is 11.6 Å². The van der Waals surface area contributed by atoms with Crippen LogP contribution in [0.15, 0.2) is 60.9 Å². The topological polar surface area (TPSA) is 85.4 Å². The Balaban J connectivity index is 1.49. The van der Waals surface area contributed by atoms with Crippen LogP contribution in [0.1, 0.15) is 10.5 Å². The van der Waals surface area contributed by atoms with Crippen molar-refractivity contribution in [2.75, 3.05) is 25.6 Å². The minimum atomic E-state index is -0.306. The first-order valence-corrected chi connectivity index (χ1v) is 8.91. The molecule has 0 spiro atoms. The molecular formula is C20H19ClN4O3. The Hall–Kier alpha value is -3.32. The maximum Gasteiger partial charge on any atom is 0.270 e. The average molecular weight is 399 g/mol. The molecular weight excluding hydrogens is 380 g/mol. The first-order valence-electron chi connectivity index (χ1n) is 8.54. The van der Waals surface area contributed by atoms with E-state index in [4.69, 9.17) is 21.1 Å². The molecule has 0 bridgehead atoms. The van der Waals surface area contributed by atoms with Crippen molar-refractivity contribution in [1.29, 1.82) is 0 Å². The van der Waals surface area contributed by atoms with E-state index in [2.05, 4.69) is 20.6 Å². The van der Waals surface area contributed by atoms with Crippen molar-refractivity contribution >= 4 is 29.0 Å². The average Bonchev–Trinajstić information content (AvgIpc) is 2.73. The molecule has 0 fully saturated rings. The van der Waals surface area contributed by atoms with Gasteiger partial charge in [-0.3, -0.25) is 4.79 Å². The lowest BCUT2D eigenvalue weighted by atomic mass is 10.3. The molecule has 1 aromatic heterocycles. The number of methoxy groups -OCH3 is 1. The van der Waals surface area contributed by atoms with Crippen LogP contribution in [0, 0.1) is 0 Å². The van der Waals surface area contributed by atoms with E-state index in [1.165, 1.54) is 6.33 Å². The molecule has 0 saturated carbocycles. The maximum absolute atomic E-state index is 12.3. The fourth-order valence-electron chi connectivity index (χ4n) is 2.33. The van der Waals surface area contributed by atoms with Crippen LogP contribution in [0.3, 0.4) is 0 Å². The Kier molecular flexibility index (Phi) is 6.64. The second-order valence-electron chi connectivity index (χ2n) is 5.70. The highest BCUT2D eigenvalue weighted by Crippen LogP contribution is 2.18. The zero-order valence-corrected chi connectivity index (χ0v) is 15.9. The molecule has 8 heteroatoms. The van der Waals surface area contributed by atoms with Gasteiger partial charge in [0, 0.05) is 16.8 Å². The Bertz CT molecular complexity index is 917. The molecule has 1 amide bonds. The third-order valence-electron chi connectivity index (χ3n) is 3.73. The van der Waals surface area contributed by atoms with Gasteiger partial charge in [0.2, 0.25) is 0 Å². The molecule has 28 heavy (non-hydrogen) atoms. The number of carbonyl (C=O) groups excluding carboxylic acids is 1. The summed E-state index contributed by atoms with van der Waals surface area (Å²) in [6.45, 7) is 0.674. The van der Waals surface area contributed by atoms with Crippen molar-refractivity contribution in [2.45, 2.75) is 0 Å². The predicted octanol–water partition coefficient (Wildman–Crippen LogP) is 3.69. The van der Waals surface area contributed by atoms with Gasteiger partial charge in [-0.05, 0) is 48.5 Å². The molecule has 0 aliphatic heterocycles. The second kappa shape index (κ2) is 9.57. The van der Waals surface area contributed by atoms with Crippen LogP contribution in [0.4, 0.5) is 11.5 Å². The number of rotatable bonds is 8. The summed E-state index contributed by atoms with van der Waals surface area (Å²) in [6, 6.07) is 16.0. The summed E-state index contributed by atoms with van der Waals surface area (Å²) in [4.78, 5) is 20.4. The summed E-state index contributed by atoms with van der Waals surface area (Å²) in [7, 11) is 1.61. The predicted molar refractivity (Wildman–Crippen MR) is 108 cm³/mol. The van der Waals surface area contributed by atoms with Crippen molar-refractivity contribution in [2.24, 2.45) is 0 Å². The van der Waals surface area contributed by atoms with Gasteiger partial charge in [0.05, 0.1) is 13.7 Å². The van der Waals surface area contributed by atoms with Crippen LogP contribution in [-0.4, -0.2) is 36.1 Å². The molecule has 0 aliphatic carbocycles. The van der Waals surface area contributed by atoms with Gasteiger partial charge in [-0.2, -0.15) is 0 Å². The third kappa shape index (κ3) is 5.59. The summed E-state index contributed by atoms with van der Waals surface area (Å²) in [6.07, 6.45) is 1.33. The normalized spacial score (nSPS) is 10.2. The van der Waals surface area contributed by atoms with Crippen molar-refractivity contribution in [3.63, 3.8) is 0 Å². The van der Waals surface area contributed by atoms with Crippen LogP contribution in [0.5, 0.6) is 11.5 Å². The van der Waals surface area contributed by atoms with Crippen molar-refractivity contribution in [3.8, 4) is 11.5 Å². The van der Waals surface area contributed by atoms with E-state index in [1.807, 2.05) is 24.3 Å². The molecule has 0 saturated heterocycles. The van der Waals surface area contributed by atoms with Crippen molar-refractivity contribution < 1.29 is 14.3 Å². The molecule has 3 aromatic rings. The Morgan fingerprint density at radius 3 is 2.46 bits per heavy atom. The van der Waals surface area contributed by atoms with E-state index in [0.717, 1.165) is 11.4 Å². The third-order valence-corrected chi connectivity index (χ3v) is 3.98. The molecule has 0 aliphatic rings. The zero-order valence-electron chi connectivity index (χ0n) is 15.2. The first kappa shape index (κ1) is 19.4. The number of anilines is 2. The van der Waals surface area contributed by atoms with Gasteiger partial charge >= 0.3 is 0 Å². The van der Waals surface area contributed by atoms with Crippen LogP contribution < -0.4 is 20.1 Å². The van der Waals surface area contributed by atoms with Crippen molar-refractivity contribution in [1.82, 2.24) is 15.3 Å². The van der Waals surface area contributed by atoms with Gasteiger partial charge in [0.1, 0.15) is 35.9 Å². The van der Waals surface area contributed by atoms with Gasteiger partial charge in [0.25, 0.3) is 5.91 Å². The lowest BCUT2D eigenvalue weighted by molar-refractivity contribution is 0.0942. The fourth-order valence-corrected chi connectivity index (χ4v) is 2.45. The Labute approximate surface area is 167 Å². The summed E-state index contributed by atoms with van der Waals surface area (Å²) in [5.74, 6) is 1.66. The summed E-state index contributed by atoms with van der Waals surface area (Å²) in [5, 5.41) is 6.51. The first-order chi connectivity index (χ1) is 13.6. The molecule has 0 unspecified atom stereocenters. The van der Waals surface area contributed by atoms with Crippen LogP contribution in [0.25, 0.3) is 0 Å². The number of nitrogens with one attached hydrogen (secondary N) is 2. The summed E-state index contributed by atoms with van der Waals surface area (Å²) >= 11 is 5.87. The number of hydrogen-bond acceptors (Lipinski definition) is 6. The molecule has 1 heterocycles. The van der Waals surface area contributed by atoms with Crippen LogP contribution in [-0.2, 0) is 0 Å². The van der Waals surface area contributed by atoms with Crippen molar-refractivity contribution in [3.05, 3.63) is 71.6 Å². The summed E-state index contributed by atoms with van der Waals surface area (Å²) < 4.78 is 10.7. The lowest BCUT2D eigenvalue weighted by Gasteiger charge is -2.09. The van der Waals surface area contributed by atoms with Gasteiger partial charge in [-0.1, -0.05) is 11.6 Å². The number of hydrogen-bond donors (Lipinski definition) is 2. The quantitative estimate of drug-likeness (QED) is 0.563. The van der Waals surface area contributed by atoms with E-state index in [0.29, 0.717) is 29.7 Å². The number of benzene rings is 2. The molecule has 0 radical (unpaired) electrons. The fraction of sp³-hybridized carbons (Fsp3) is 0.150. The molecule has 2 N–H and O–H groups in total. The van der Waals surface area contributed by atoms with Gasteiger partial charge in [-0.25, -0.2) is 9.97 Å². The Morgan fingerprint density at radius 2 is 1.75 bits per heavy atom. The number of ether oxygens (including phenoxy) is 2. The molecule has 0 atom stereocenters. The van der Waals surface area contributed by atoms with Gasteiger partial charge in [0.15, 0.2) is 0 Å². The standard InChI is InChI=1S/C20H19ClN4O3/c1-27-16-6-8-17(9-7-16)28-11-10-22-20(26)18-12-19(24-13-23-18)25-15-4-2-14(21)3-5-15/h2-9,12-13H,10-11H2,1H3,(H,22,26)(H,23,24,25). The van der Waals surface area contributed by atoms with E-state index in [9.17, 15) is 4.79 Å². The van der Waals surface area contributed by atoms with Gasteiger partial charge in [-0.15, -0.1) is 0 Å². The lowest BCUT2D eigenvalue weighted by Crippen LogP contribution is -2.28. The van der Waals surface area contributed by atoms with E-state index < -0.39 is 0 Å². The highest BCUT2D eigenvalue weighted by Gasteiger charge is 2.08. The molecule has 7 nitrogen and oxygen atoms in total.